The van der Waals surface area contributed by atoms with E-state index < -0.39 is 72.7 Å². The predicted molar refractivity (Wildman–Crippen MR) is 135 cm³/mol. The van der Waals surface area contributed by atoms with Crippen molar-refractivity contribution in [2.45, 2.75) is 53.4 Å². The van der Waals surface area contributed by atoms with E-state index in [2.05, 4.69) is 31.6 Å². The Morgan fingerprint density at radius 1 is 0.444 bits per heavy atom. The molecule has 0 bridgehead atoms. The normalized spacial score (nSPS) is 37.0. The lowest BCUT2D eigenvalue weighted by Crippen LogP contribution is -1.92. The maximum Gasteiger partial charge on any atom is 0.423 e. The Morgan fingerprint density at radius 3 is 1.03 bits per heavy atom. The van der Waals surface area contributed by atoms with Crippen LogP contribution in [-0.2, 0) is 18.1 Å². The first-order chi connectivity index (χ1) is 16.5. The maximum atomic E-state index is 15.9. The van der Waals surface area contributed by atoms with E-state index in [9.17, 15) is 8.39 Å². The highest BCUT2D eigenvalue weighted by molar-refractivity contribution is 7.79. The Bertz CT molecular complexity index is 1060. The van der Waals surface area contributed by atoms with E-state index in [1.165, 1.54) is 27.7 Å². The summed E-state index contributed by atoms with van der Waals surface area (Å²) in [6, 6.07) is 0. The molecule has 23 heteroatoms. The maximum absolute atomic E-state index is 15.9. The Morgan fingerprint density at radius 2 is 0.722 bits per heavy atom. The lowest BCUT2D eigenvalue weighted by molar-refractivity contribution is 0.310. The second-order valence-electron chi connectivity index (χ2n) is 7.03. The van der Waals surface area contributed by atoms with Gasteiger partial charge in [0.25, 0.3) is 0 Å². The summed E-state index contributed by atoms with van der Waals surface area (Å²) in [6.07, 6.45) is 0.423. The van der Waals surface area contributed by atoms with Crippen LogP contribution in [0.4, 0.5) is 29.4 Å². The molecule has 0 N–H and O–H groups in total. The zero-order chi connectivity index (χ0) is 27.7. The minimum atomic E-state index is -6.31. The topological polar surface area (TPSA) is 111 Å². The molecule has 1 aliphatic heterocycles. The van der Waals surface area contributed by atoms with Crippen LogP contribution >= 0.6 is 46.3 Å². The SMILES string of the molecule is CCCOP1(F)=NP(C)(F)=NP(F)(F)=NP(F)(OCCC)=NP(F)(OCCC)=NP(F)(OCCC)=N1. The molecule has 10 nitrogen and oxygen atoms in total. The molecule has 0 aromatic rings. The molecule has 0 aliphatic carbocycles. The molecule has 5 atom stereocenters. The van der Waals surface area contributed by atoms with Gasteiger partial charge < -0.3 is 18.1 Å². The van der Waals surface area contributed by atoms with Crippen LogP contribution < -0.4 is 0 Å². The summed E-state index contributed by atoms with van der Waals surface area (Å²) in [5, 5.41) is 0. The molecule has 5 unspecified atom stereocenters. The van der Waals surface area contributed by atoms with Gasteiger partial charge >= 0.3 is 38.8 Å². The Balaban J connectivity index is 4.29. The summed E-state index contributed by atoms with van der Waals surface area (Å²) in [7, 11) is -33.6. The molecular formula is C13H31F7N6O4P6. The van der Waals surface area contributed by atoms with Crippen LogP contribution in [0.15, 0.2) is 27.1 Å². The average Bonchev–Trinajstić information content (AvgIpc) is 2.70. The minimum Gasteiger partial charge on any atom is -0.303 e. The van der Waals surface area contributed by atoms with Gasteiger partial charge in [-0.25, -0.2) is 0 Å². The van der Waals surface area contributed by atoms with Crippen molar-refractivity contribution < 1.29 is 47.5 Å². The zero-order valence-corrected chi connectivity index (χ0v) is 25.7. The van der Waals surface area contributed by atoms with Crippen LogP contribution in [0.2, 0.25) is 0 Å². The van der Waals surface area contributed by atoms with Gasteiger partial charge in [0.1, 0.15) is 0 Å². The largest absolute Gasteiger partial charge is 0.423 e. The highest BCUT2D eigenvalue weighted by Gasteiger charge is 2.40. The third-order valence-corrected chi connectivity index (χ3v) is 16.7. The molecule has 36 heavy (non-hydrogen) atoms. The second kappa shape index (κ2) is 14.4. The summed E-state index contributed by atoms with van der Waals surface area (Å²) in [6.45, 7) is 4.44. The van der Waals surface area contributed by atoms with E-state index in [1.807, 2.05) is 0 Å². The monoisotopic (exact) mass is 654 g/mol. The summed E-state index contributed by atoms with van der Waals surface area (Å²) in [5.41, 5.74) is 0. The number of nitrogens with zero attached hydrogens (tertiary/aromatic N) is 6. The lowest BCUT2D eigenvalue weighted by Gasteiger charge is -2.21. The first kappa shape index (κ1) is 34.8. The standard InChI is InChI=1S/C13H31F7N6O4P6/c1-6-10-27-33(17)22-31(5,14)21-32(15,16)23-34(18,28-11-7-2)25-36(20,30-13-9-4)26-35(19,24-33)29-12-8-3/h6-13H2,1-5H3. The Labute approximate surface area is 207 Å². The van der Waals surface area contributed by atoms with Crippen molar-refractivity contribution in [3.8, 4) is 0 Å². The molecule has 0 saturated carbocycles. The van der Waals surface area contributed by atoms with E-state index in [4.69, 9.17) is 13.6 Å². The van der Waals surface area contributed by atoms with Gasteiger partial charge in [0, 0.05) is 6.66 Å². The van der Waals surface area contributed by atoms with Crippen LogP contribution in [0.3, 0.4) is 0 Å². The smallest absolute Gasteiger partial charge is 0.303 e. The van der Waals surface area contributed by atoms with E-state index in [0.717, 1.165) is 0 Å². The molecule has 0 saturated heterocycles. The highest BCUT2D eigenvalue weighted by atomic mass is 31.3. The number of halogens is 7. The fourth-order valence-corrected chi connectivity index (χ4v) is 15.7. The summed E-state index contributed by atoms with van der Waals surface area (Å²) < 4.78 is 144. The lowest BCUT2D eigenvalue weighted by atomic mass is 10.5. The van der Waals surface area contributed by atoms with Crippen molar-refractivity contribution in [3.05, 3.63) is 0 Å². The van der Waals surface area contributed by atoms with Crippen molar-refractivity contribution in [1.29, 1.82) is 0 Å². The molecule has 0 spiro atoms. The quantitative estimate of drug-likeness (QED) is 0.154. The first-order valence-electron chi connectivity index (χ1n) is 10.7. The van der Waals surface area contributed by atoms with Crippen molar-refractivity contribution in [2.75, 3.05) is 33.1 Å². The van der Waals surface area contributed by atoms with Crippen molar-refractivity contribution in [2.24, 2.45) is 27.1 Å². The Kier molecular flexibility index (Phi) is 13.9. The van der Waals surface area contributed by atoms with Crippen LogP contribution in [0.1, 0.15) is 53.4 Å². The zero-order valence-electron chi connectivity index (χ0n) is 20.3. The molecule has 0 aromatic heterocycles. The van der Waals surface area contributed by atoms with Crippen LogP contribution in [0, 0.1) is 0 Å². The van der Waals surface area contributed by atoms with Gasteiger partial charge in [-0.1, -0.05) is 27.7 Å². The molecule has 216 valence electrons. The molecule has 0 amide bonds. The molecule has 0 aromatic carbocycles. The molecule has 1 aliphatic rings. The third kappa shape index (κ3) is 12.3. The minimum absolute atomic E-state index is 0.0737. The predicted octanol–water partition coefficient (Wildman–Crippen LogP) is 12.9. The van der Waals surface area contributed by atoms with Crippen LogP contribution in [-0.4, -0.2) is 33.1 Å². The van der Waals surface area contributed by atoms with E-state index in [1.54, 1.807) is 0 Å². The summed E-state index contributed by atoms with van der Waals surface area (Å²) in [4.78, 5) is 0. The molecule has 0 radical (unpaired) electrons. The van der Waals surface area contributed by atoms with Crippen molar-refractivity contribution >= 4 is 46.3 Å². The number of rotatable bonds is 12. The van der Waals surface area contributed by atoms with Gasteiger partial charge in [0.05, 0.1) is 26.4 Å². The first-order valence-corrected chi connectivity index (χ1v) is 20.3. The fraction of sp³-hybridized carbons (Fsp3) is 1.00. The fourth-order valence-electron chi connectivity index (χ4n) is 2.08. The molecule has 0 fully saturated rings. The summed E-state index contributed by atoms with van der Waals surface area (Å²) in [5.74, 6) is 0. The number of hydrogen-bond donors (Lipinski definition) is 0. The second-order valence-corrected chi connectivity index (χ2v) is 18.7. The van der Waals surface area contributed by atoms with Crippen LogP contribution in [0.25, 0.3) is 0 Å². The average molecular weight is 654 g/mol. The van der Waals surface area contributed by atoms with Gasteiger partial charge in [-0.2, -0.15) is 30.0 Å². The van der Waals surface area contributed by atoms with Gasteiger partial charge in [0.2, 0.25) is 7.52 Å². The Hall–Kier alpha value is 0.730. The van der Waals surface area contributed by atoms with E-state index in [-0.39, 0.29) is 25.7 Å². The van der Waals surface area contributed by atoms with E-state index in [0.29, 0.717) is 6.66 Å². The van der Waals surface area contributed by atoms with Crippen molar-refractivity contribution in [3.63, 3.8) is 0 Å². The molecule has 1 rings (SSSR count). The van der Waals surface area contributed by atoms with E-state index >= 15 is 21.0 Å². The van der Waals surface area contributed by atoms with Crippen molar-refractivity contribution in [1.82, 2.24) is 0 Å². The van der Waals surface area contributed by atoms with Gasteiger partial charge in [-0.3, -0.25) is 0 Å². The third-order valence-electron chi connectivity index (χ3n) is 3.26. The van der Waals surface area contributed by atoms with Crippen LogP contribution in [0.5, 0.6) is 0 Å². The molecular weight excluding hydrogens is 623 g/mol. The van der Waals surface area contributed by atoms with Gasteiger partial charge in [0.15, 0.2) is 0 Å². The van der Waals surface area contributed by atoms with Gasteiger partial charge in [-0.15, -0.1) is 26.5 Å². The number of hydrogen-bond acceptors (Lipinski definition) is 10. The molecule has 1 heterocycles. The van der Waals surface area contributed by atoms with Gasteiger partial charge in [-0.05, 0) is 25.7 Å². The highest BCUT2D eigenvalue weighted by Crippen LogP contribution is 2.82. The summed E-state index contributed by atoms with van der Waals surface area (Å²) >= 11 is 0.